The standard InChI is InChI=1S/C17H22FN5/c18-15-3-1-13(2-4-15)12-22-8-5-14(6-9-22)17-21-20-16-11-19-7-10-23(16)17/h1-4,14,19H,5-12H2. The number of nitrogens with one attached hydrogen (secondary N) is 1. The topological polar surface area (TPSA) is 46.0 Å². The Balaban J connectivity index is 1.37. The Morgan fingerprint density at radius 2 is 1.87 bits per heavy atom. The highest BCUT2D eigenvalue weighted by Gasteiger charge is 2.26. The van der Waals surface area contributed by atoms with E-state index in [1.807, 2.05) is 12.1 Å². The van der Waals surface area contributed by atoms with Crippen LogP contribution in [-0.4, -0.2) is 39.3 Å². The van der Waals surface area contributed by atoms with E-state index in [4.69, 9.17) is 0 Å². The highest BCUT2D eigenvalue weighted by molar-refractivity contribution is 5.16. The molecule has 2 aliphatic rings. The molecule has 0 radical (unpaired) electrons. The Morgan fingerprint density at radius 3 is 2.65 bits per heavy atom. The van der Waals surface area contributed by atoms with Crippen molar-refractivity contribution in [3.8, 4) is 0 Å². The molecular formula is C17H22FN5. The summed E-state index contributed by atoms with van der Waals surface area (Å²) in [5.41, 5.74) is 1.18. The number of hydrogen-bond acceptors (Lipinski definition) is 4. The maximum atomic E-state index is 13.0. The van der Waals surface area contributed by atoms with E-state index in [-0.39, 0.29) is 5.82 Å². The number of halogens is 1. The van der Waals surface area contributed by atoms with Crippen LogP contribution in [0.4, 0.5) is 4.39 Å². The van der Waals surface area contributed by atoms with E-state index in [9.17, 15) is 4.39 Å². The second-order valence-electron chi connectivity index (χ2n) is 6.48. The molecule has 1 aromatic heterocycles. The van der Waals surface area contributed by atoms with E-state index >= 15 is 0 Å². The third kappa shape index (κ3) is 3.14. The lowest BCUT2D eigenvalue weighted by Gasteiger charge is -2.32. The highest BCUT2D eigenvalue weighted by Crippen LogP contribution is 2.28. The number of likely N-dealkylation sites (tertiary alicyclic amines) is 1. The summed E-state index contributed by atoms with van der Waals surface area (Å²) in [5, 5.41) is 12.1. The van der Waals surface area contributed by atoms with Crippen LogP contribution >= 0.6 is 0 Å². The molecule has 2 aromatic rings. The summed E-state index contributed by atoms with van der Waals surface area (Å²) in [7, 11) is 0. The lowest BCUT2D eigenvalue weighted by Crippen LogP contribution is -2.34. The molecule has 0 unspecified atom stereocenters. The largest absolute Gasteiger partial charge is 0.312 e. The number of piperidine rings is 1. The van der Waals surface area contributed by atoms with Crippen LogP contribution in [0.25, 0.3) is 0 Å². The first-order chi connectivity index (χ1) is 11.3. The highest BCUT2D eigenvalue weighted by atomic mass is 19.1. The number of rotatable bonds is 3. The fraction of sp³-hybridized carbons (Fsp3) is 0.529. The predicted molar refractivity (Wildman–Crippen MR) is 85.4 cm³/mol. The predicted octanol–water partition coefficient (Wildman–Crippen LogP) is 1.90. The third-order valence-electron chi connectivity index (χ3n) is 4.92. The molecule has 23 heavy (non-hydrogen) atoms. The molecule has 0 saturated carbocycles. The Hall–Kier alpha value is -1.79. The van der Waals surface area contributed by atoms with Crippen LogP contribution in [0.3, 0.4) is 0 Å². The molecule has 1 aromatic carbocycles. The van der Waals surface area contributed by atoms with E-state index < -0.39 is 0 Å². The number of benzene rings is 1. The van der Waals surface area contributed by atoms with Gasteiger partial charge >= 0.3 is 0 Å². The molecule has 1 fully saturated rings. The van der Waals surface area contributed by atoms with Crippen LogP contribution in [0, 0.1) is 5.82 Å². The van der Waals surface area contributed by atoms with E-state index in [2.05, 4.69) is 25.0 Å². The zero-order valence-corrected chi connectivity index (χ0v) is 13.2. The molecule has 0 spiro atoms. The van der Waals surface area contributed by atoms with Gasteiger partial charge in [0.2, 0.25) is 0 Å². The van der Waals surface area contributed by atoms with Gasteiger partial charge in [-0.2, -0.15) is 0 Å². The summed E-state index contributed by atoms with van der Waals surface area (Å²) in [5.74, 6) is 2.58. The minimum Gasteiger partial charge on any atom is -0.312 e. The summed E-state index contributed by atoms with van der Waals surface area (Å²) >= 11 is 0. The van der Waals surface area contributed by atoms with Gasteiger partial charge in [0, 0.05) is 25.6 Å². The van der Waals surface area contributed by atoms with Gasteiger partial charge in [0.05, 0.1) is 6.54 Å². The average Bonchev–Trinajstić information content (AvgIpc) is 3.02. The lowest BCUT2D eigenvalue weighted by atomic mass is 9.95. The average molecular weight is 315 g/mol. The maximum Gasteiger partial charge on any atom is 0.147 e. The first-order valence-corrected chi connectivity index (χ1v) is 8.39. The number of hydrogen-bond donors (Lipinski definition) is 1. The van der Waals surface area contributed by atoms with E-state index in [1.54, 1.807) is 12.1 Å². The monoisotopic (exact) mass is 315 g/mol. The molecule has 2 aliphatic heterocycles. The zero-order valence-electron chi connectivity index (χ0n) is 13.2. The Kier molecular flexibility index (Phi) is 4.10. The quantitative estimate of drug-likeness (QED) is 0.940. The van der Waals surface area contributed by atoms with Gasteiger partial charge in [-0.25, -0.2) is 4.39 Å². The number of aromatic nitrogens is 3. The molecule has 3 heterocycles. The summed E-state index contributed by atoms with van der Waals surface area (Å²) in [6.45, 7) is 5.82. The van der Waals surface area contributed by atoms with Crippen molar-refractivity contribution in [1.29, 1.82) is 0 Å². The smallest absolute Gasteiger partial charge is 0.147 e. The fourth-order valence-electron chi connectivity index (χ4n) is 3.61. The lowest BCUT2D eigenvalue weighted by molar-refractivity contribution is 0.199. The van der Waals surface area contributed by atoms with Crippen molar-refractivity contribution < 1.29 is 4.39 Å². The molecule has 1 N–H and O–H groups in total. The molecule has 0 aliphatic carbocycles. The van der Waals surface area contributed by atoms with E-state index in [0.717, 1.165) is 57.9 Å². The van der Waals surface area contributed by atoms with Gasteiger partial charge in [-0.1, -0.05) is 12.1 Å². The maximum absolute atomic E-state index is 13.0. The third-order valence-corrected chi connectivity index (χ3v) is 4.92. The van der Waals surface area contributed by atoms with Gasteiger partial charge in [-0.3, -0.25) is 4.90 Å². The Bertz CT molecular complexity index is 658. The van der Waals surface area contributed by atoms with E-state index in [1.165, 1.54) is 11.4 Å². The number of nitrogens with zero attached hydrogens (tertiary/aromatic N) is 4. The molecule has 0 bridgehead atoms. The van der Waals surface area contributed by atoms with Crippen LogP contribution in [-0.2, 0) is 19.6 Å². The molecule has 6 heteroatoms. The van der Waals surface area contributed by atoms with Gasteiger partial charge in [0.1, 0.15) is 17.5 Å². The van der Waals surface area contributed by atoms with E-state index in [0.29, 0.717) is 5.92 Å². The van der Waals surface area contributed by atoms with Crippen molar-refractivity contribution in [3.63, 3.8) is 0 Å². The first kappa shape index (κ1) is 14.8. The van der Waals surface area contributed by atoms with Crippen LogP contribution in [0.5, 0.6) is 0 Å². The summed E-state index contributed by atoms with van der Waals surface area (Å²) in [4.78, 5) is 2.44. The van der Waals surface area contributed by atoms with Gasteiger partial charge in [-0.15, -0.1) is 10.2 Å². The van der Waals surface area contributed by atoms with Gasteiger partial charge in [0.25, 0.3) is 0 Å². The van der Waals surface area contributed by atoms with Crippen LogP contribution < -0.4 is 5.32 Å². The number of fused-ring (bicyclic) bond motifs is 1. The van der Waals surface area contributed by atoms with Crippen molar-refractivity contribution in [3.05, 3.63) is 47.3 Å². The van der Waals surface area contributed by atoms with Crippen molar-refractivity contribution >= 4 is 0 Å². The van der Waals surface area contributed by atoms with Gasteiger partial charge in [-0.05, 0) is 43.6 Å². The van der Waals surface area contributed by atoms with Gasteiger partial charge in [0.15, 0.2) is 0 Å². The Morgan fingerprint density at radius 1 is 1.09 bits per heavy atom. The Labute approximate surface area is 135 Å². The molecular weight excluding hydrogens is 293 g/mol. The molecule has 4 rings (SSSR count). The van der Waals surface area contributed by atoms with Crippen molar-refractivity contribution in [2.75, 3.05) is 19.6 Å². The molecule has 1 saturated heterocycles. The molecule has 5 nitrogen and oxygen atoms in total. The van der Waals surface area contributed by atoms with Crippen LogP contribution in [0.2, 0.25) is 0 Å². The minimum absolute atomic E-state index is 0.168. The van der Waals surface area contributed by atoms with Crippen LogP contribution in [0.1, 0.15) is 36.0 Å². The van der Waals surface area contributed by atoms with Crippen molar-refractivity contribution in [2.45, 2.75) is 38.4 Å². The molecule has 0 atom stereocenters. The normalized spacial score (nSPS) is 19.7. The van der Waals surface area contributed by atoms with Gasteiger partial charge < -0.3 is 9.88 Å². The van der Waals surface area contributed by atoms with Crippen molar-refractivity contribution in [1.82, 2.24) is 25.0 Å². The first-order valence-electron chi connectivity index (χ1n) is 8.39. The summed E-state index contributed by atoms with van der Waals surface area (Å²) in [6, 6.07) is 6.84. The zero-order chi connectivity index (χ0) is 15.6. The van der Waals surface area contributed by atoms with Crippen LogP contribution in [0.15, 0.2) is 24.3 Å². The SMILES string of the molecule is Fc1ccc(CN2CCC(c3nnc4n3CCNC4)CC2)cc1. The summed E-state index contributed by atoms with van der Waals surface area (Å²) < 4.78 is 15.3. The van der Waals surface area contributed by atoms with Crippen molar-refractivity contribution in [2.24, 2.45) is 0 Å². The second-order valence-corrected chi connectivity index (χ2v) is 6.48. The minimum atomic E-state index is -0.168. The molecule has 122 valence electrons. The second kappa shape index (κ2) is 6.37. The molecule has 0 amide bonds. The summed E-state index contributed by atoms with van der Waals surface area (Å²) in [6.07, 6.45) is 2.24. The fourth-order valence-corrected chi connectivity index (χ4v) is 3.61.